The summed E-state index contributed by atoms with van der Waals surface area (Å²) in [7, 11) is 1.73. The molecule has 1 aliphatic rings. The Morgan fingerprint density at radius 1 is 1.41 bits per heavy atom. The number of aromatic nitrogens is 7. The van der Waals surface area contributed by atoms with Gasteiger partial charge < -0.3 is 21.1 Å². The number of nitrogens with one attached hydrogen (secondary N) is 3. The minimum absolute atomic E-state index is 0.167. The number of halogens is 1. The molecule has 12 nitrogen and oxygen atoms in total. The Kier molecular flexibility index (Phi) is 4.89. The molecule has 168 valence electrons. The van der Waals surface area contributed by atoms with Gasteiger partial charge in [0.15, 0.2) is 16.8 Å². The third-order valence-electron chi connectivity index (χ3n) is 5.57. The maximum Gasteiger partial charge on any atom is 0.328 e. The van der Waals surface area contributed by atoms with E-state index in [0.717, 1.165) is 5.56 Å². The summed E-state index contributed by atoms with van der Waals surface area (Å²) >= 11 is 0. The zero-order valence-corrected chi connectivity index (χ0v) is 17.5. The zero-order valence-electron chi connectivity index (χ0n) is 17.5. The van der Waals surface area contributed by atoms with Gasteiger partial charge in [0, 0.05) is 26.1 Å². The Balaban J connectivity index is 1.29. The van der Waals surface area contributed by atoms with Crippen LogP contribution in [0, 0.1) is 6.92 Å². The molecule has 0 aliphatic heterocycles. The minimum Gasteiger partial charge on any atom is -0.396 e. The summed E-state index contributed by atoms with van der Waals surface area (Å²) in [5.41, 5.74) is 8.82. The third kappa shape index (κ3) is 3.49. The standard InChI is InChI=1S/C19H23FN10O2/c1-9-24-17-12(21)3-10(6-30(17)28-9)7-32-14-5-11(20)4-13(14)25-19(31)29-8-23-15-16(22-2)26-27-18(15)29/h3,6,8,11,13-14H,4-5,7,21H2,1-2H3,(H,25,31)(H2,22,26,27)/t11?,13-,14?/m1/s1. The van der Waals surface area contributed by atoms with Crippen LogP contribution in [0.3, 0.4) is 0 Å². The highest BCUT2D eigenvalue weighted by molar-refractivity contribution is 5.92. The fraction of sp³-hybridized carbons (Fsp3) is 0.421. The normalized spacial score (nSPS) is 20.9. The number of rotatable bonds is 5. The van der Waals surface area contributed by atoms with E-state index in [1.54, 1.807) is 30.8 Å². The Hall–Kier alpha value is -3.74. The number of amides is 1. The first kappa shape index (κ1) is 20.2. The largest absolute Gasteiger partial charge is 0.396 e. The van der Waals surface area contributed by atoms with Gasteiger partial charge in [-0.3, -0.25) is 5.10 Å². The van der Waals surface area contributed by atoms with Crippen LogP contribution in [0.2, 0.25) is 0 Å². The minimum atomic E-state index is -1.07. The van der Waals surface area contributed by atoms with Crippen molar-refractivity contribution < 1.29 is 13.9 Å². The first-order chi connectivity index (χ1) is 15.4. The maximum absolute atomic E-state index is 14.2. The molecule has 4 aromatic heterocycles. The van der Waals surface area contributed by atoms with Gasteiger partial charge in [-0.25, -0.2) is 28.2 Å². The summed E-state index contributed by atoms with van der Waals surface area (Å²) in [4.78, 5) is 21.3. The van der Waals surface area contributed by atoms with Gasteiger partial charge in [0.2, 0.25) is 0 Å². The Bertz CT molecular complexity index is 1290. The van der Waals surface area contributed by atoms with Gasteiger partial charge in [-0.05, 0) is 18.6 Å². The molecule has 0 aromatic carbocycles. The lowest BCUT2D eigenvalue weighted by Gasteiger charge is -2.21. The van der Waals surface area contributed by atoms with Gasteiger partial charge in [0.1, 0.15) is 24.1 Å². The van der Waals surface area contributed by atoms with Crippen LogP contribution in [0.15, 0.2) is 18.6 Å². The number of pyridine rings is 1. The first-order valence-electron chi connectivity index (χ1n) is 10.2. The van der Waals surface area contributed by atoms with Crippen LogP contribution >= 0.6 is 0 Å². The van der Waals surface area contributed by atoms with E-state index in [1.165, 1.54) is 10.9 Å². The highest BCUT2D eigenvalue weighted by Crippen LogP contribution is 2.27. The van der Waals surface area contributed by atoms with Crippen molar-refractivity contribution in [1.29, 1.82) is 0 Å². The number of hydrogen-bond acceptors (Lipinski definition) is 8. The quantitative estimate of drug-likeness (QED) is 0.362. The van der Waals surface area contributed by atoms with E-state index in [4.69, 9.17) is 10.5 Å². The summed E-state index contributed by atoms with van der Waals surface area (Å²) in [6, 6.07) is 0.823. The van der Waals surface area contributed by atoms with Crippen LogP contribution in [0.4, 0.5) is 20.7 Å². The summed E-state index contributed by atoms with van der Waals surface area (Å²) < 4.78 is 23.1. The van der Waals surface area contributed by atoms with Crippen molar-refractivity contribution in [1.82, 2.24) is 39.7 Å². The van der Waals surface area contributed by atoms with Crippen molar-refractivity contribution in [3.05, 3.63) is 30.0 Å². The van der Waals surface area contributed by atoms with E-state index in [9.17, 15) is 9.18 Å². The number of imidazole rings is 1. The molecule has 1 saturated carbocycles. The van der Waals surface area contributed by atoms with Crippen LogP contribution in [-0.4, -0.2) is 65.7 Å². The molecule has 3 atom stereocenters. The SMILES string of the molecule is CNc1[nH]nc2c1ncn2C(=O)N[C@@H]1CC(F)CC1OCc1cc(N)c2nc(C)nn2c1. The number of nitrogens with two attached hydrogens (primary N) is 1. The topological polar surface area (TPSA) is 153 Å². The van der Waals surface area contributed by atoms with E-state index in [0.29, 0.717) is 34.1 Å². The second kappa shape index (κ2) is 7.75. The second-order valence-electron chi connectivity index (χ2n) is 7.84. The first-order valence-corrected chi connectivity index (χ1v) is 10.2. The van der Waals surface area contributed by atoms with E-state index in [-0.39, 0.29) is 19.4 Å². The fourth-order valence-electron chi connectivity index (χ4n) is 4.07. The number of carbonyl (C=O) groups excluding carboxylic acids is 1. The predicted octanol–water partition coefficient (Wildman–Crippen LogP) is 1.38. The molecule has 1 aliphatic carbocycles. The van der Waals surface area contributed by atoms with E-state index < -0.39 is 24.3 Å². The van der Waals surface area contributed by atoms with Gasteiger partial charge in [-0.15, -0.1) is 0 Å². The van der Waals surface area contributed by atoms with Crippen LogP contribution in [0.5, 0.6) is 0 Å². The number of nitrogens with zero attached hydrogens (tertiary/aromatic N) is 6. The number of aryl methyl sites for hydroxylation is 1. The predicted molar refractivity (Wildman–Crippen MR) is 114 cm³/mol. The average molecular weight is 442 g/mol. The maximum atomic E-state index is 14.2. The summed E-state index contributed by atoms with van der Waals surface area (Å²) in [5, 5.41) is 16.9. The summed E-state index contributed by atoms with van der Waals surface area (Å²) in [6.45, 7) is 1.98. The number of alkyl halides is 1. The molecule has 4 aromatic rings. The van der Waals surface area contributed by atoms with E-state index >= 15 is 0 Å². The summed E-state index contributed by atoms with van der Waals surface area (Å²) in [5.74, 6) is 1.22. The molecule has 2 unspecified atom stereocenters. The van der Waals surface area contributed by atoms with Crippen molar-refractivity contribution in [2.45, 2.75) is 44.7 Å². The number of nitrogen functional groups attached to an aromatic ring is 1. The number of fused-ring (bicyclic) bond motifs is 2. The number of hydrogen-bond donors (Lipinski definition) is 4. The van der Waals surface area contributed by atoms with Crippen molar-refractivity contribution in [2.24, 2.45) is 0 Å². The molecule has 32 heavy (non-hydrogen) atoms. The lowest BCUT2D eigenvalue weighted by Crippen LogP contribution is -2.43. The third-order valence-corrected chi connectivity index (χ3v) is 5.57. The molecular weight excluding hydrogens is 419 g/mol. The highest BCUT2D eigenvalue weighted by atomic mass is 19.1. The van der Waals surface area contributed by atoms with Gasteiger partial charge in [-0.2, -0.15) is 10.2 Å². The zero-order chi connectivity index (χ0) is 22.4. The molecule has 0 radical (unpaired) electrons. The number of aromatic amines is 1. The molecule has 5 rings (SSSR count). The Morgan fingerprint density at radius 3 is 3.06 bits per heavy atom. The lowest BCUT2D eigenvalue weighted by atomic mass is 10.2. The number of anilines is 2. The molecule has 13 heteroatoms. The molecule has 5 N–H and O–H groups in total. The van der Waals surface area contributed by atoms with E-state index in [1.807, 2.05) is 0 Å². The molecule has 0 saturated heterocycles. The Morgan fingerprint density at radius 2 is 2.25 bits per heavy atom. The van der Waals surface area contributed by atoms with Crippen molar-refractivity contribution >= 4 is 34.3 Å². The van der Waals surface area contributed by atoms with Gasteiger partial charge in [0.05, 0.1) is 24.4 Å². The lowest BCUT2D eigenvalue weighted by molar-refractivity contribution is 0.0271. The van der Waals surface area contributed by atoms with Crippen LogP contribution in [-0.2, 0) is 11.3 Å². The van der Waals surface area contributed by atoms with E-state index in [2.05, 4.69) is 35.9 Å². The van der Waals surface area contributed by atoms with Crippen LogP contribution in [0.25, 0.3) is 16.8 Å². The van der Waals surface area contributed by atoms with Crippen LogP contribution in [0.1, 0.15) is 24.2 Å². The number of carbonyl (C=O) groups is 1. The van der Waals surface area contributed by atoms with Gasteiger partial charge in [0.25, 0.3) is 0 Å². The number of H-pyrrole nitrogens is 1. The fourth-order valence-corrected chi connectivity index (χ4v) is 4.07. The smallest absolute Gasteiger partial charge is 0.328 e. The van der Waals surface area contributed by atoms with Crippen molar-refractivity contribution in [3.8, 4) is 0 Å². The Labute approximate surface area is 181 Å². The van der Waals surface area contributed by atoms with Crippen molar-refractivity contribution in [3.63, 3.8) is 0 Å². The van der Waals surface area contributed by atoms with Crippen molar-refractivity contribution in [2.75, 3.05) is 18.1 Å². The average Bonchev–Trinajstić information content (AvgIpc) is 3.49. The van der Waals surface area contributed by atoms with Crippen LogP contribution < -0.4 is 16.4 Å². The van der Waals surface area contributed by atoms with Gasteiger partial charge >= 0.3 is 6.03 Å². The molecule has 4 heterocycles. The molecular formula is C19H23FN10O2. The summed E-state index contributed by atoms with van der Waals surface area (Å²) in [6.07, 6.45) is 1.96. The molecule has 1 amide bonds. The second-order valence-corrected chi connectivity index (χ2v) is 7.84. The monoisotopic (exact) mass is 442 g/mol. The van der Waals surface area contributed by atoms with Gasteiger partial charge in [-0.1, -0.05) is 0 Å². The molecule has 0 spiro atoms. The number of ether oxygens (including phenoxy) is 1. The molecule has 0 bridgehead atoms. The highest BCUT2D eigenvalue weighted by Gasteiger charge is 2.36. The molecule has 1 fully saturated rings.